The van der Waals surface area contributed by atoms with Gasteiger partial charge in [0.1, 0.15) is 5.75 Å². The summed E-state index contributed by atoms with van der Waals surface area (Å²) < 4.78 is 45.0. The van der Waals surface area contributed by atoms with Crippen molar-refractivity contribution in [1.82, 2.24) is 4.90 Å². The van der Waals surface area contributed by atoms with Crippen molar-refractivity contribution in [1.29, 1.82) is 0 Å². The van der Waals surface area contributed by atoms with E-state index in [0.29, 0.717) is 36.0 Å². The highest BCUT2D eigenvalue weighted by molar-refractivity contribution is 6.30. The average Bonchev–Trinajstić information content (AvgIpc) is 2.96. The molecule has 172 valence electrons. The molecule has 0 saturated carbocycles. The Kier molecular flexibility index (Phi) is 6.41. The maximum absolute atomic E-state index is 13.1. The van der Waals surface area contributed by atoms with E-state index < -0.39 is 11.7 Å². The van der Waals surface area contributed by atoms with Crippen LogP contribution in [0.2, 0.25) is 5.02 Å². The Labute approximate surface area is 190 Å². The van der Waals surface area contributed by atoms with Crippen molar-refractivity contribution >= 4 is 23.2 Å². The third kappa shape index (κ3) is 4.59. The summed E-state index contributed by atoms with van der Waals surface area (Å²) in [5.74, 6) is 0.268. The Morgan fingerprint density at radius 3 is 2.62 bits per heavy atom. The van der Waals surface area contributed by atoms with E-state index >= 15 is 0 Å². The largest absolute Gasteiger partial charge is 0.492 e. The summed E-state index contributed by atoms with van der Waals surface area (Å²) in [7, 11) is 0. The monoisotopic (exact) mass is 466 g/mol. The van der Waals surface area contributed by atoms with Crippen LogP contribution in [0.1, 0.15) is 43.7 Å². The molecular weight excluding hydrogens is 441 g/mol. The molecule has 4 nitrogen and oxygen atoms in total. The van der Waals surface area contributed by atoms with E-state index in [2.05, 4.69) is 10.2 Å². The number of rotatable bonds is 4. The minimum atomic E-state index is -4.39. The Bertz CT molecular complexity index is 980. The quantitative estimate of drug-likeness (QED) is 0.610. The summed E-state index contributed by atoms with van der Waals surface area (Å²) in [6, 6.07) is 10.6. The molecule has 2 heterocycles. The number of alkyl halides is 3. The van der Waals surface area contributed by atoms with E-state index in [1.165, 1.54) is 0 Å². The second-order valence-electron chi connectivity index (χ2n) is 8.59. The van der Waals surface area contributed by atoms with Gasteiger partial charge in [-0.15, -0.1) is 0 Å². The third-order valence-corrected chi connectivity index (χ3v) is 6.86. The average molecular weight is 467 g/mol. The second kappa shape index (κ2) is 8.94. The van der Waals surface area contributed by atoms with E-state index in [9.17, 15) is 18.0 Å². The smallest absolute Gasteiger partial charge is 0.416 e. The molecule has 0 radical (unpaired) electrons. The highest BCUT2D eigenvalue weighted by Crippen LogP contribution is 2.47. The Hall–Kier alpha value is -2.25. The molecule has 32 heavy (non-hydrogen) atoms. The first kappa shape index (κ1) is 22.9. The van der Waals surface area contributed by atoms with Crippen LogP contribution in [0.25, 0.3) is 0 Å². The molecule has 1 N–H and O–H groups in total. The van der Waals surface area contributed by atoms with Gasteiger partial charge in [-0.2, -0.15) is 13.2 Å². The highest BCUT2D eigenvalue weighted by atomic mass is 35.5. The van der Waals surface area contributed by atoms with Crippen molar-refractivity contribution < 1.29 is 22.7 Å². The number of benzene rings is 2. The number of anilines is 1. The predicted octanol–water partition coefficient (Wildman–Crippen LogP) is 5.89. The zero-order chi connectivity index (χ0) is 22.9. The van der Waals surface area contributed by atoms with E-state index in [0.717, 1.165) is 43.5 Å². The number of fused-ring (bicyclic) bond motifs is 2. The van der Waals surface area contributed by atoms with Gasteiger partial charge in [0.15, 0.2) is 0 Å². The SMILES string of the molecule is CC[C@@H](C(=O)Nc1ccc(Cl)cc1)N1CCC[C@]2(CC1)COc1cc(C(F)(F)F)ccc12. The van der Waals surface area contributed by atoms with Crippen LogP contribution in [0, 0.1) is 0 Å². The van der Waals surface area contributed by atoms with E-state index in [1.54, 1.807) is 30.3 Å². The van der Waals surface area contributed by atoms with E-state index in [-0.39, 0.29) is 17.4 Å². The van der Waals surface area contributed by atoms with Crippen LogP contribution in [0.3, 0.4) is 0 Å². The maximum atomic E-state index is 13.1. The predicted molar refractivity (Wildman–Crippen MR) is 118 cm³/mol. The highest BCUT2D eigenvalue weighted by Gasteiger charge is 2.44. The van der Waals surface area contributed by atoms with Gasteiger partial charge in [-0.05, 0) is 75.2 Å². The minimum absolute atomic E-state index is 0.0661. The number of hydrogen-bond donors (Lipinski definition) is 1. The molecule has 1 fully saturated rings. The first-order valence-corrected chi connectivity index (χ1v) is 11.2. The lowest BCUT2D eigenvalue weighted by Gasteiger charge is -2.30. The van der Waals surface area contributed by atoms with Gasteiger partial charge in [-0.3, -0.25) is 9.69 Å². The zero-order valence-corrected chi connectivity index (χ0v) is 18.6. The second-order valence-corrected chi connectivity index (χ2v) is 9.02. The number of hydrogen-bond acceptors (Lipinski definition) is 3. The first-order chi connectivity index (χ1) is 15.2. The molecule has 1 amide bonds. The van der Waals surface area contributed by atoms with Gasteiger partial charge >= 0.3 is 6.18 Å². The lowest BCUT2D eigenvalue weighted by molar-refractivity contribution is -0.137. The number of halogens is 4. The number of amides is 1. The molecule has 0 bridgehead atoms. The van der Waals surface area contributed by atoms with Gasteiger partial charge in [-0.1, -0.05) is 24.6 Å². The molecule has 4 rings (SSSR count). The maximum Gasteiger partial charge on any atom is 0.416 e. The lowest BCUT2D eigenvalue weighted by atomic mass is 9.76. The molecule has 2 atom stereocenters. The first-order valence-electron chi connectivity index (χ1n) is 10.9. The van der Waals surface area contributed by atoms with Crippen molar-refractivity contribution in [2.75, 3.05) is 25.0 Å². The summed E-state index contributed by atoms with van der Waals surface area (Å²) >= 11 is 5.92. The van der Waals surface area contributed by atoms with Gasteiger partial charge in [0.2, 0.25) is 5.91 Å². The summed E-state index contributed by atoms with van der Waals surface area (Å²) in [5, 5.41) is 3.57. The van der Waals surface area contributed by atoms with Crippen LogP contribution < -0.4 is 10.1 Å². The number of nitrogens with zero attached hydrogens (tertiary/aromatic N) is 1. The van der Waals surface area contributed by atoms with Crippen molar-refractivity contribution in [3.05, 3.63) is 58.6 Å². The molecule has 0 aliphatic carbocycles. The molecule has 1 saturated heterocycles. The number of carbonyl (C=O) groups is 1. The lowest BCUT2D eigenvalue weighted by Crippen LogP contribution is -2.44. The zero-order valence-electron chi connectivity index (χ0n) is 17.8. The van der Waals surface area contributed by atoms with Crippen LogP contribution in [-0.4, -0.2) is 36.5 Å². The van der Waals surface area contributed by atoms with Gasteiger partial charge in [0.05, 0.1) is 18.2 Å². The van der Waals surface area contributed by atoms with Crippen molar-refractivity contribution in [3.63, 3.8) is 0 Å². The Balaban J connectivity index is 1.47. The van der Waals surface area contributed by atoms with Crippen LogP contribution in [0.15, 0.2) is 42.5 Å². The minimum Gasteiger partial charge on any atom is -0.492 e. The molecular formula is C24H26ClF3N2O2. The molecule has 8 heteroatoms. The van der Waals surface area contributed by atoms with Crippen molar-refractivity contribution in [2.24, 2.45) is 0 Å². The Morgan fingerprint density at radius 1 is 1.19 bits per heavy atom. The fourth-order valence-electron chi connectivity index (χ4n) is 4.86. The summed E-state index contributed by atoms with van der Waals surface area (Å²) in [6.07, 6.45) is -1.34. The number of likely N-dealkylation sites (tertiary alicyclic amines) is 1. The van der Waals surface area contributed by atoms with Gasteiger partial charge in [0.25, 0.3) is 0 Å². The topological polar surface area (TPSA) is 41.6 Å². The fourth-order valence-corrected chi connectivity index (χ4v) is 4.98. The van der Waals surface area contributed by atoms with Gasteiger partial charge in [-0.25, -0.2) is 0 Å². The van der Waals surface area contributed by atoms with Crippen LogP contribution in [-0.2, 0) is 16.4 Å². The van der Waals surface area contributed by atoms with Gasteiger partial charge < -0.3 is 10.1 Å². The van der Waals surface area contributed by atoms with E-state index in [1.807, 2.05) is 6.92 Å². The molecule has 0 unspecified atom stereocenters. The standard InChI is InChI=1S/C24H26ClF3N2O2/c1-2-20(22(31)29-18-7-5-17(25)6-8-18)30-12-3-10-23(11-13-30)15-32-21-14-16(24(26,27)28)4-9-19(21)23/h4-9,14,20H,2-3,10-13,15H2,1H3,(H,29,31)/t20-,23-/m0/s1. The fraction of sp³-hybridized carbons (Fsp3) is 0.458. The normalized spacial score (nSPS) is 22.2. The van der Waals surface area contributed by atoms with Crippen molar-refractivity contribution in [2.45, 2.75) is 50.2 Å². The molecule has 1 spiro atoms. The van der Waals surface area contributed by atoms with Gasteiger partial charge in [0, 0.05) is 21.7 Å². The summed E-state index contributed by atoms with van der Waals surface area (Å²) in [4.78, 5) is 15.1. The van der Waals surface area contributed by atoms with Crippen LogP contribution >= 0.6 is 11.6 Å². The summed E-state index contributed by atoms with van der Waals surface area (Å²) in [5.41, 5.74) is 0.557. The molecule has 2 aliphatic heterocycles. The van der Waals surface area contributed by atoms with Crippen molar-refractivity contribution in [3.8, 4) is 5.75 Å². The molecule has 2 aromatic rings. The number of carbonyl (C=O) groups excluding carboxylic acids is 1. The molecule has 2 aromatic carbocycles. The molecule has 0 aromatic heterocycles. The summed E-state index contributed by atoms with van der Waals surface area (Å²) in [6.45, 7) is 3.80. The number of nitrogens with one attached hydrogen (secondary N) is 1. The van der Waals surface area contributed by atoms with Crippen LogP contribution in [0.4, 0.5) is 18.9 Å². The molecule has 2 aliphatic rings. The third-order valence-electron chi connectivity index (χ3n) is 6.60. The Morgan fingerprint density at radius 2 is 1.94 bits per heavy atom. The van der Waals surface area contributed by atoms with E-state index in [4.69, 9.17) is 16.3 Å². The van der Waals surface area contributed by atoms with Crippen LogP contribution in [0.5, 0.6) is 5.75 Å². The number of ether oxygens (including phenoxy) is 1.